The van der Waals surface area contributed by atoms with Crippen LogP contribution in [0.5, 0.6) is 0 Å². The summed E-state index contributed by atoms with van der Waals surface area (Å²) in [6.07, 6.45) is 3.94. The van der Waals surface area contributed by atoms with E-state index in [4.69, 9.17) is 16.2 Å². The zero-order valence-electron chi connectivity index (χ0n) is 25.2. The van der Waals surface area contributed by atoms with Crippen LogP contribution in [0.1, 0.15) is 50.7 Å². The number of ketones is 1. The van der Waals surface area contributed by atoms with Crippen molar-refractivity contribution in [3.8, 4) is 0 Å². The minimum Gasteiger partial charge on any atom is -0.445 e. The number of aliphatic imine (C=N–C) groups is 1. The number of ether oxygens (including phenoxy) is 1. The molecule has 0 saturated heterocycles. The molecule has 3 amide bonds. The number of hydrogen-bond donors (Lipinski definition) is 4. The summed E-state index contributed by atoms with van der Waals surface area (Å²) in [4.78, 5) is 56.3. The Labute approximate surface area is 253 Å². The maximum Gasteiger partial charge on any atom is 0.408 e. The zero-order valence-corrected chi connectivity index (χ0v) is 25.2. The average molecular weight is 593 g/mol. The van der Waals surface area contributed by atoms with Gasteiger partial charge in [-0.25, -0.2) is 4.79 Å². The van der Waals surface area contributed by atoms with Gasteiger partial charge in [0.15, 0.2) is 11.7 Å². The number of likely N-dealkylation sites (N-methyl/N-ethyl adjacent to an activating group) is 1. The summed E-state index contributed by atoms with van der Waals surface area (Å²) >= 11 is 0. The summed E-state index contributed by atoms with van der Waals surface area (Å²) in [5.74, 6) is -0.864. The summed E-state index contributed by atoms with van der Waals surface area (Å²) in [6.45, 7) is 4.01. The molecule has 0 heterocycles. The third-order valence-electron chi connectivity index (χ3n) is 6.62. The molecule has 2 atom stereocenters. The molecule has 0 aromatic heterocycles. The molecule has 2 aromatic carbocycles. The largest absolute Gasteiger partial charge is 0.445 e. The first-order chi connectivity index (χ1) is 20.5. The van der Waals surface area contributed by atoms with E-state index >= 15 is 0 Å². The van der Waals surface area contributed by atoms with E-state index in [-0.39, 0.29) is 62.1 Å². The highest BCUT2D eigenvalue weighted by atomic mass is 16.5. The van der Waals surface area contributed by atoms with Crippen molar-refractivity contribution in [1.82, 2.24) is 15.5 Å². The Kier molecular flexibility index (Phi) is 15.0. The average Bonchev–Trinajstić information content (AvgIpc) is 2.99. The minimum atomic E-state index is -0.954. The number of allylic oxidation sites excluding steroid dienone is 1. The van der Waals surface area contributed by atoms with Crippen LogP contribution >= 0.6 is 0 Å². The van der Waals surface area contributed by atoms with Gasteiger partial charge in [0.1, 0.15) is 12.6 Å². The summed E-state index contributed by atoms with van der Waals surface area (Å²) in [5, 5.41) is 5.55. The van der Waals surface area contributed by atoms with Gasteiger partial charge in [-0.15, -0.1) is 0 Å². The molecule has 232 valence electrons. The van der Waals surface area contributed by atoms with Gasteiger partial charge >= 0.3 is 6.09 Å². The molecule has 0 saturated carbocycles. The fraction of sp³-hybridized carbons (Fsp3) is 0.406. The molecule has 0 aliphatic heterocycles. The number of nitrogens with zero attached hydrogens (tertiary/aromatic N) is 2. The predicted octanol–water partition coefficient (Wildman–Crippen LogP) is 3.00. The van der Waals surface area contributed by atoms with E-state index in [0.29, 0.717) is 12.8 Å². The second-order valence-electron chi connectivity index (χ2n) is 10.6. The first kappa shape index (κ1) is 34.5. The molecule has 11 heteroatoms. The first-order valence-corrected chi connectivity index (χ1v) is 14.4. The van der Waals surface area contributed by atoms with E-state index in [9.17, 15) is 19.2 Å². The number of carbonyl (C=O) groups is 4. The number of guanidine groups is 1. The van der Waals surface area contributed by atoms with Gasteiger partial charge < -0.3 is 31.7 Å². The highest BCUT2D eigenvalue weighted by Gasteiger charge is 2.26. The fourth-order valence-electron chi connectivity index (χ4n) is 4.19. The van der Waals surface area contributed by atoms with E-state index < -0.39 is 18.0 Å². The van der Waals surface area contributed by atoms with Crippen LogP contribution in [-0.4, -0.2) is 66.8 Å². The molecule has 2 unspecified atom stereocenters. The predicted molar refractivity (Wildman–Crippen MR) is 168 cm³/mol. The van der Waals surface area contributed by atoms with E-state index in [1.165, 1.54) is 11.9 Å². The maximum absolute atomic E-state index is 13.3. The smallest absolute Gasteiger partial charge is 0.408 e. The lowest BCUT2D eigenvalue weighted by molar-refractivity contribution is -0.136. The van der Waals surface area contributed by atoms with Crippen LogP contribution in [0.2, 0.25) is 0 Å². The quantitative estimate of drug-likeness (QED) is 0.0947. The standard InChI is InChI=1S/C32H44N6O5/c1-23(2)27(19-18-26(39)17-16-24-11-6-4-7-12-24)36-29(40)21-38(3)30(41)28(15-10-20-35-31(33)34)37-32(42)43-22-25-13-8-5-9-14-25/h4-9,11-14,16-17,23,27-28H,10,15,18-22H2,1-3H3,(H,36,40)(H,37,42)(H4,33,34,35)/b17-16+. The molecule has 0 bridgehead atoms. The van der Waals surface area contributed by atoms with Gasteiger partial charge in [0.2, 0.25) is 11.8 Å². The highest BCUT2D eigenvalue weighted by Crippen LogP contribution is 2.11. The topological polar surface area (TPSA) is 169 Å². The fourth-order valence-corrected chi connectivity index (χ4v) is 4.19. The molecule has 11 nitrogen and oxygen atoms in total. The Morgan fingerprint density at radius 2 is 1.60 bits per heavy atom. The van der Waals surface area contributed by atoms with E-state index in [1.807, 2.05) is 74.5 Å². The van der Waals surface area contributed by atoms with E-state index in [1.54, 1.807) is 12.2 Å². The third-order valence-corrected chi connectivity index (χ3v) is 6.62. The van der Waals surface area contributed by atoms with Gasteiger partial charge in [-0.3, -0.25) is 19.4 Å². The van der Waals surface area contributed by atoms with Crippen molar-refractivity contribution in [2.45, 2.75) is 58.2 Å². The molecule has 2 rings (SSSR count). The molecule has 0 aliphatic carbocycles. The highest BCUT2D eigenvalue weighted by molar-refractivity contribution is 5.93. The van der Waals surface area contributed by atoms with Crippen molar-refractivity contribution >= 4 is 35.7 Å². The Morgan fingerprint density at radius 1 is 0.953 bits per heavy atom. The van der Waals surface area contributed by atoms with Gasteiger partial charge in [0.25, 0.3) is 0 Å². The Balaban J connectivity index is 1.93. The van der Waals surface area contributed by atoms with Crippen LogP contribution in [0.3, 0.4) is 0 Å². The van der Waals surface area contributed by atoms with Crippen LogP contribution in [0, 0.1) is 5.92 Å². The third kappa shape index (κ3) is 14.2. The summed E-state index contributed by atoms with van der Waals surface area (Å²) < 4.78 is 5.28. The number of nitrogens with two attached hydrogens (primary N) is 2. The molecular formula is C32H44N6O5. The monoisotopic (exact) mass is 592 g/mol. The minimum absolute atomic E-state index is 0.0372. The lowest BCUT2D eigenvalue weighted by atomic mass is 9.97. The van der Waals surface area contributed by atoms with Crippen molar-refractivity contribution in [2.75, 3.05) is 20.1 Å². The molecule has 0 spiro atoms. The van der Waals surface area contributed by atoms with Crippen molar-refractivity contribution in [2.24, 2.45) is 22.4 Å². The molecule has 0 radical (unpaired) electrons. The van der Waals surface area contributed by atoms with Crippen LogP contribution in [0.15, 0.2) is 71.7 Å². The molecular weight excluding hydrogens is 548 g/mol. The van der Waals surface area contributed by atoms with E-state index in [0.717, 1.165) is 11.1 Å². The Morgan fingerprint density at radius 3 is 2.23 bits per heavy atom. The molecule has 0 aliphatic rings. The van der Waals surface area contributed by atoms with Gasteiger partial charge in [0.05, 0.1) is 6.54 Å². The number of alkyl carbamates (subject to hydrolysis) is 1. The van der Waals surface area contributed by atoms with Crippen molar-refractivity contribution in [3.63, 3.8) is 0 Å². The normalized spacial score (nSPS) is 12.3. The lowest BCUT2D eigenvalue weighted by Crippen LogP contribution is -2.51. The molecule has 2 aromatic rings. The van der Waals surface area contributed by atoms with Gasteiger partial charge in [0, 0.05) is 26.1 Å². The van der Waals surface area contributed by atoms with Crippen molar-refractivity contribution in [1.29, 1.82) is 0 Å². The SMILES string of the molecule is CC(C)C(CCC(=O)/C=C/c1ccccc1)NC(=O)CN(C)C(=O)C(CCCN=C(N)N)NC(=O)OCc1ccccc1. The number of benzene rings is 2. The second-order valence-corrected chi connectivity index (χ2v) is 10.6. The summed E-state index contributed by atoms with van der Waals surface area (Å²) in [5.41, 5.74) is 12.5. The Bertz CT molecular complexity index is 1230. The summed E-state index contributed by atoms with van der Waals surface area (Å²) in [6, 6.07) is 17.5. The van der Waals surface area contributed by atoms with Gasteiger partial charge in [-0.1, -0.05) is 80.6 Å². The van der Waals surface area contributed by atoms with Crippen molar-refractivity contribution in [3.05, 3.63) is 77.9 Å². The number of carbonyl (C=O) groups excluding carboxylic acids is 4. The van der Waals surface area contributed by atoms with Crippen LogP contribution < -0.4 is 22.1 Å². The number of nitrogens with one attached hydrogen (secondary N) is 2. The number of rotatable bonds is 17. The second kappa shape index (κ2) is 18.7. The van der Waals surface area contributed by atoms with E-state index in [2.05, 4.69) is 15.6 Å². The molecule has 0 fully saturated rings. The lowest BCUT2D eigenvalue weighted by Gasteiger charge is -2.26. The van der Waals surface area contributed by atoms with Gasteiger partial charge in [-0.05, 0) is 42.4 Å². The molecule has 6 N–H and O–H groups in total. The molecule has 43 heavy (non-hydrogen) atoms. The Hall–Kier alpha value is -4.67. The maximum atomic E-state index is 13.3. The zero-order chi connectivity index (χ0) is 31.6. The van der Waals surface area contributed by atoms with Crippen LogP contribution in [0.4, 0.5) is 4.79 Å². The van der Waals surface area contributed by atoms with Crippen LogP contribution in [-0.2, 0) is 25.7 Å². The van der Waals surface area contributed by atoms with Gasteiger partial charge in [-0.2, -0.15) is 0 Å². The number of hydrogen-bond acceptors (Lipinski definition) is 6. The first-order valence-electron chi connectivity index (χ1n) is 14.4. The van der Waals surface area contributed by atoms with Crippen LogP contribution in [0.25, 0.3) is 6.08 Å². The van der Waals surface area contributed by atoms with Crippen molar-refractivity contribution < 1.29 is 23.9 Å². The summed E-state index contributed by atoms with van der Waals surface area (Å²) in [7, 11) is 1.49. The number of amides is 3.